The highest BCUT2D eigenvalue weighted by atomic mass is 32.2. The Morgan fingerprint density at radius 1 is 0.865 bits per heavy atom. The highest BCUT2D eigenvalue weighted by molar-refractivity contribution is 8.04. The molecule has 0 saturated carbocycles. The number of nitrogens with zero attached hydrogens (tertiary/aromatic N) is 1. The number of imide groups is 1. The van der Waals surface area contributed by atoms with Gasteiger partial charge in [0.2, 0.25) is 0 Å². The van der Waals surface area contributed by atoms with E-state index in [4.69, 9.17) is 4.74 Å². The Morgan fingerprint density at radius 2 is 1.51 bits per heavy atom. The van der Waals surface area contributed by atoms with E-state index in [1.165, 1.54) is 16.7 Å². The highest BCUT2D eigenvalue weighted by Crippen LogP contribution is 2.37. The van der Waals surface area contributed by atoms with Crippen LogP contribution < -0.4 is 20.7 Å². The molecule has 1 heterocycles. The van der Waals surface area contributed by atoms with Crippen LogP contribution in [-0.4, -0.2) is 36.4 Å². The second kappa shape index (κ2) is 11.7. The lowest BCUT2D eigenvalue weighted by atomic mass is 10.2. The van der Waals surface area contributed by atoms with Crippen LogP contribution in [0.15, 0.2) is 94.4 Å². The Hall–Kier alpha value is -4.24. The summed E-state index contributed by atoms with van der Waals surface area (Å²) in [4.78, 5) is 41.3. The summed E-state index contributed by atoms with van der Waals surface area (Å²) in [6.45, 7) is 4.25. The van der Waals surface area contributed by atoms with Crippen molar-refractivity contribution >= 4 is 46.7 Å². The molecule has 8 nitrogen and oxygen atoms in total. The average molecular weight is 517 g/mol. The molecule has 4 amide bonds. The molecule has 0 saturated heterocycles. The van der Waals surface area contributed by atoms with Crippen molar-refractivity contribution in [2.45, 2.75) is 18.7 Å². The molecule has 3 aromatic carbocycles. The first kappa shape index (κ1) is 25.8. The van der Waals surface area contributed by atoms with Crippen LogP contribution in [0.25, 0.3) is 0 Å². The standard InChI is InChI=1S/C28H28N4O4S/c1-18(2)17-32-26(33)24(29-19-9-5-4-6-10-19)25(27(32)34)37-23-14-8-12-21(16-23)31-28(35)30-20-11-7-13-22(15-20)36-3/h4-16,18,29H,17H2,1-3H3,(H2,30,31,35). The van der Waals surface area contributed by atoms with Crippen LogP contribution in [0.4, 0.5) is 21.9 Å². The first-order chi connectivity index (χ1) is 17.8. The van der Waals surface area contributed by atoms with Gasteiger partial charge in [-0.15, -0.1) is 0 Å². The van der Waals surface area contributed by atoms with Gasteiger partial charge in [0, 0.05) is 34.6 Å². The van der Waals surface area contributed by atoms with E-state index in [-0.39, 0.29) is 23.4 Å². The minimum atomic E-state index is -0.420. The number of hydrogen-bond acceptors (Lipinski definition) is 6. The number of urea groups is 1. The van der Waals surface area contributed by atoms with Gasteiger partial charge in [-0.25, -0.2) is 4.79 Å². The molecule has 190 valence electrons. The Bertz CT molecular complexity index is 1340. The fourth-order valence-electron chi connectivity index (χ4n) is 3.70. The number of amides is 4. The predicted molar refractivity (Wildman–Crippen MR) is 147 cm³/mol. The van der Waals surface area contributed by atoms with Crippen molar-refractivity contribution in [2.75, 3.05) is 29.6 Å². The molecule has 1 aliphatic heterocycles. The molecular formula is C28H28N4O4S. The molecule has 0 aliphatic carbocycles. The molecule has 4 rings (SSSR count). The number of rotatable bonds is 9. The summed E-state index contributed by atoms with van der Waals surface area (Å²) in [6, 6.07) is 23.0. The van der Waals surface area contributed by atoms with E-state index >= 15 is 0 Å². The Labute approximate surface area is 220 Å². The van der Waals surface area contributed by atoms with Crippen molar-refractivity contribution in [2.24, 2.45) is 5.92 Å². The zero-order valence-corrected chi connectivity index (χ0v) is 21.6. The van der Waals surface area contributed by atoms with Crippen LogP contribution >= 0.6 is 11.8 Å². The first-order valence-corrected chi connectivity index (χ1v) is 12.6. The fourth-order valence-corrected chi connectivity index (χ4v) is 4.71. The van der Waals surface area contributed by atoms with Crippen molar-refractivity contribution < 1.29 is 19.1 Å². The SMILES string of the molecule is COc1cccc(NC(=O)Nc2cccc(SC3=C(Nc4ccccc4)C(=O)N(CC(C)C)C3=O)c2)c1. The van der Waals surface area contributed by atoms with Gasteiger partial charge in [-0.05, 0) is 48.4 Å². The van der Waals surface area contributed by atoms with E-state index < -0.39 is 6.03 Å². The van der Waals surface area contributed by atoms with E-state index in [1.807, 2.05) is 50.2 Å². The molecule has 0 bridgehead atoms. The summed E-state index contributed by atoms with van der Waals surface area (Å²) in [7, 11) is 1.56. The minimum Gasteiger partial charge on any atom is -0.497 e. The Morgan fingerprint density at radius 3 is 2.19 bits per heavy atom. The molecule has 0 aromatic heterocycles. The third-order valence-corrected chi connectivity index (χ3v) is 6.43. The fraction of sp³-hybridized carbons (Fsp3) is 0.179. The van der Waals surface area contributed by atoms with Crippen LogP contribution in [0.3, 0.4) is 0 Å². The van der Waals surface area contributed by atoms with Gasteiger partial charge >= 0.3 is 6.03 Å². The van der Waals surface area contributed by atoms with Crippen molar-refractivity contribution in [3.63, 3.8) is 0 Å². The monoisotopic (exact) mass is 516 g/mol. The second-order valence-electron chi connectivity index (χ2n) is 8.75. The van der Waals surface area contributed by atoms with Crippen LogP contribution in [0.5, 0.6) is 5.75 Å². The molecule has 0 fully saturated rings. The molecule has 0 radical (unpaired) electrons. The maximum atomic E-state index is 13.3. The number of benzene rings is 3. The second-order valence-corrected chi connectivity index (χ2v) is 9.83. The van der Waals surface area contributed by atoms with Gasteiger partial charge in [0.05, 0.1) is 7.11 Å². The number of hydrogen-bond donors (Lipinski definition) is 3. The Kier molecular flexibility index (Phi) is 8.15. The number of carbonyl (C=O) groups is 3. The van der Waals surface area contributed by atoms with Gasteiger partial charge < -0.3 is 20.7 Å². The maximum Gasteiger partial charge on any atom is 0.323 e. The summed E-state index contributed by atoms with van der Waals surface area (Å²) in [6.07, 6.45) is 0. The molecule has 1 aliphatic rings. The Balaban J connectivity index is 1.53. The van der Waals surface area contributed by atoms with Crippen LogP contribution in [0, 0.1) is 5.92 Å². The number of nitrogens with one attached hydrogen (secondary N) is 3. The van der Waals surface area contributed by atoms with E-state index in [9.17, 15) is 14.4 Å². The molecule has 0 atom stereocenters. The van der Waals surface area contributed by atoms with Gasteiger partial charge in [0.1, 0.15) is 16.4 Å². The summed E-state index contributed by atoms with van der Waals surface area (Å²) >= 11 is 1.19. The number of para-hydroxylation sites is 1. The average Bonchev–Trinajstić information content (AvgIpc) is 3.08. The predicted octanol–water partition coefficient (Wildman–Crippen LogP) is 5.78. The van der Waals surface area contributed by atoms with E-state index in [2.05, 4.69) is 16.0 Å². The summed E-state index contributed by atoms with van der Waals surface area (Å²) in [5.41, 5.74) is 2.09. The van der Waals surface area contributed by atoms with Crippen LogP contribution in [0.2, 0.25) is 0 Å². The summed E-state index contributed by atoms with van der Waals surface area (Å²) in [5.74, 6) is 0.0748. The third kappa shape index (κ3) is 6.50. The lowest BCUT2D eigenvalue weighted by molar-refractivity contribution is -0.137. The molecule has 37 heavy (non-hydrogen) atoms. The summed E-state index contributed by atoms with van der Waals surface area (Å²) < 4.78 is 5.19. The highest BCUT2D eigenvalue weighted by Gasteiger charge is 2.39. The van der Waals surface area contributed by atoms with Crippen molar-refractivity contribution in [3.05, 3.63) is 89.5 Å². The molecule has 0 spiro atoms. The van der Waals surface area contributed by atoms with Crippen molar-refractivity contribution in [1.29, 1.82) is 0 Å². The quantitative estimate of drug-likeness (QED) is 0.312. The molecule has 3 aromatic rings. The topological polar surface area (TPSA) is 99.8 Å². The number of methoxy groups -OCH3 is 1. The smallest absolute Gasteiger partial charge is 0.323 e. The lowest BCUT2D eigenvalue weighted by Crippen LogP contribution is -2.35. The third-order valence-electron chi connectivity index (χ3n) is 5.36. The number of anilines is 3. The van der Waals surface area contributed by atoms with Crippen LogP contribution in [-0.2, 0) is 9.59 Å². The summed E-state index contributed by atoms with van der Waals surface area (Å²) in [5, 5.41) is 8.70. The van der Waals surface area contributed by atoms with E-state index in [1.54, 1.807) is 49.6 Å². The number of carbonyl (C=O) groups excluding carboxylic acids is 3. The van der Waals surface area contributed by atoms with Crippen LogP contribution in [0.1, 0.15) is 13.8 Å². The van der Waals surface area contributed by atoms with Crippen molar-refractivity contribution in [3.8, 4) is 5.75 Å². The van der Waals surface area contributed by atoms with E-state index in [0.29, 0.717) is 39.2 Å². The largest absolute Gasteiger partial charge is 0.497 e. The van der Waals surface area contributed by atoms with Crippen molar-refractivity contribution in [1.82, 2.24) is 4.90 Å². The van der Waals surface area contributed by atoms with E-state index in [0.717, 1.165) is 0 Å². The molecule has 0 unspecified atom stereocenters. The van der Waals surface area contributed by atoms with Gasteiger partial charge in [-0.3, -0.25) is 14.5 Å². The van der Waals surface area contributed by atoms with Gasteiger partial charge in [-0.1, -0.05) is 55.9 Å². The number of ether oxygens (including phenoxy) is 1. The zero-order valence-electron chi connectivity index (χ0n) is 20.8. The molecule has 9 heteroatoms. The van der Waals surface area contributed by atoms with Gasteiger partial charge in [-0.2, -0.15) is 0 Å². The normalized spacial score (nSPS) is 13.2. The van der Waals surface area contributed by atoms with Gasteiger partial charge in [0.25, 0.3) is 11.8 Å². The van der Waals surface area contributed by atoms with Gasteiger partial charge in [0.15, 0.2) is 0 Å². The molecular weight excluding hydrogens is 488 g/mol. The first-order valence-electron chi connectivity index (χ1n) is 11.8. The number of thioether (sulfide) groups is 1. The zero-order chi connectivity index (χ0) is 26.4. The molecule has 3 N–H and O–H groups in total. The lowest BCUT2D eigenvalue weighted by Gasteiger charge is -2.17. The minimum absolute atomic E-state index is 0.130. The maximum absolute atomic E-state index is 13.3.